The van der Waals surface area contributed by atoms with Crippen LogP contribution in [0.2, 0.25) is 0 Å². The highest BCUT2D eigenvalue weighted by Gasteiger charge is 2.20. The number of nitrogens with one attached hydrogen (secondary N) is 1. The first-order valence-corrected chi connectivity index (χ1v) is 10.7. The smallest absolute Gasteiger partial charge is 0.154 e. The Morgan fingerprint density at radius 3 is 2.68 bits per heavy atom. The number of hydrogen-bond acceptors (Lipinski definition) is 5. The van der Waals surface area contributed by atoms with E-state index in [4.69, 9.17) is 5.10 Å². The maximum atomic E-state index is 9.71. The Morgan fingerprint density at radius 2 is 1.86 bits per heavy atom. The molecule has 3 aromatic heterocycles. The first kappa shape index (κ1) is 17.6. The Hall–Kier alpha value is -2.44. The monoisotopic (exact) mass is 392 g/mol. The van der Waals surface area contributed by atoms with E-state index in [1.807, 2.05) is 22.8 Å². The summed E-state index contributed by atoms with van der Waals surface area (Å²) in [5.41, 5.74) is 4.51. The summed E-state index contributed by atoms with van der Waals surface area (Å²) in [7, 11) is 0. The standard InChI is InChI=1S/C22H24N4OS/c1-13-9-15-11-20(28-19(15)10-14(13)2)18-12-23-22-8-7-21(25-26(18)22)24-16-3-5-17(27)6-4-16/h7-12,16-17,27H,3-6H2,1-2H3,(H,24,25)/t16-,17-. The number of fused-ring (bicyclic) bond motifs is 2. The molecule has 0 atom stereocenters. The number of aromatic nitrogens is 3. The van der Waals surface area contributed by atoms with Crippen molar-refractivity contribution in [3.05, 3.63) is 47.7 Å². The van der Waals surface area contributed by atoms with Crippen molar-refractivity contribution in [3.63, 3.8) is 0 Å². The summed E-state index contributed by atoms with van der Waals surface area (Å²) in [6.07, 6.45) is 5.44. The minimum Gasteiger partial charge on any atom is -0.393 e. The van der Waals surface area contributed by atoms with E-state index in [9.17, 15) is 5.11 Å². The quantitative estimate of drug-likeness (QED) is 0.518. The molecule has 0 unspecified atom stereocenters. The topological polar surface area (TPSA) is 62.5 Å². The zero-order chi connectivity index (χ0) is 19.3. The molecule has 1 aliphatic rings. The molecule has 5 rings (SSSR count). The summed E-state index contributed by atoms with van der Waals surface area (Å²) < 4.78 is 3.23. The fourth-order valence-corrected chi connectivity index (χ4v) is 5.11. The molecule has 28 heavy (non-hydrogen) atoms. The number of thiophene rings is 1. The number of aliphatic hydroxyl groups is 1. The van der Waals surface area contributed by atoms with Crippen LogP contribution in [-0.4, -0.2) is 31.9 Å². The molecule has 0 aliphatic heterocycles. The fraction of sp³-hybridized carbons (Fsp3) is 0.364. The lowest BCUT2D eigenvalue weighted by Gasteiger charge is -2.26. The minimum atomic E-state index is -0.144. The summed E-state index contributed by atoms with van der Waals surface area (Å²) in [6.45, 7) is 4.32. The van der Waals surface area contributed by atoms with Gasteiger partial charge in [0.15, 0.2) is 5.65 Å². The van der Waals surface area contributed by atoms with Crippen LogP contribution in [0.15, 0.2) is 36.5 Å². The van der Waals surface area contributed by atoms with Crippen LogP contribution in [0.4, 0.5) is 5.82 Å². The molecule has 144 valence electrons. The van der Waals surface area contributed by atoms with Gasteiger partial charge in [-0.1, -0.05) is 6.07 Å². The number of benzene rings is 1. The zero-order valence-corrected chi connectivity index (χ0v) is 17.0. The molecule has 4 aromatic rings. The summed E-state index contributed by atoms with van der Waals surface area (Å²) in [5.74, 6) is 0.862. The second-order valence-electron chi connectivity index (χ2n) is 7.87. The van der Waals surface area contributed by atoms with E-state index in [1.54, 1.807) is 11.3 Å². The highest BCUT2D eigenvalue weighted by Crippen LogP contribution is 2.35. The number of aryl methyl sites for hydroxylation is 2. The van der Waals surface area contributed by atoms with E-state index >= 15 is 0 Å². The molecular formula is C22H24N4OS. The third kappa shape index (κ3) is 3.16. The maximum absolute atomic E-state index is 9.71. The van der Waals surface area contributed by atoms with Crippen LogP contribution in [0.5, 0.6) is 0 Å². The second-order valence-corrected chi connectivity index (χ2v) is 8.95. The molecule has 2 N–H and O–H groups in total. The highest BCUT2D eigenvalue weighted by atomic mass is 32.1. The minimum absolute atomic E-state index is 0.144. The number of rotatable bonds is 3. The number of nitrogens with zero attached hydrogens (tertiary/aromatic N) is 3. The summed E-state index contributed by atoms with van der Waals surface area (Å²) in [5, 5.41) is 19.3. The average Bonchev–Trinajstić information content (AvgIpc) is 3.27. The third-order valence-corrected chi connectivity index (χ3v) is 6.92. The molecule has 0 radical (unpaired) electrons. The highest BCUT2D eigenvalue weighted by molar-refractivity contribution is 7.22. The van der Waals surface area contributed by atoms with Crippen molar-refractivity contribution in [2.24, 2.45) is 0 Å². The van der Waals surface area contributed by atoms with Crippen LogP contribution < -0.4 is 5.32 Å². The largest absolute Gasteiger partial charge is 0.393 e. The lowest BCUT2D eigenvalue weighted by atomic mass is 9.93. The van der Waals surface area contributed by atoms with Crippen molar-refractivity contribution >= 4 is 32.9 Å². The lowest BCUT2D eigenvalue weighted by molar-refractivity contribution is 0.126. The predicted octanol–water partition coefficient (Wildman–Crippen LogP) is 4.94. The number of anilines is 1. The van der Waals surface area contributed by atoms with E-state index in [-0.39, 0.29) is 6.10 Å². The molecule has 5 nitrogen and oxygen atoms in total. The van der Waals surface area contributed by atoms with E-state index in [0.29, 0.717) is 6.04 Å². The Bertz CT molecular complexity index is 1120. The van der Waals surface area contributed by atoms with Gasteiger partial charge in [0.05, 0.1) is 17.2 Å². The fourth-order valence-electron chi connectivity index (χ4n) is 3.98. The van der Waals surface area contributed by atoms with Crippen LogP contribution in [0.1, 0.15) is 36.8 Å². The summed E-state index contributed by atoms with van der Waals surface area (Å²) in [6, 6.07) is 11.1. The van der Waals surface area contributed by atoms with Gasteiger partial charge in [0, 0.05) is 10.7 Å². The second kappa shape index (κ2) is 6.87. The maximum Gasteiger partial charge on any atom is 0.154 e. The Labute approximate surface area is 168 Å². The zero-order valence-electron chi connectivity index (χ0n) is 16.1. The van der Waals surface area contributed by atoms with Gasteiger partial charge < -0.3 is 10.4 Å². The Kier molecular flexibility index (Phi) is 4.33. The van der Waals surface area contributed by atoms with Gasteiger partial charge in [-0.3, -0.25) is 0 Å². The van der Waals surface area contributed by atoms with Gasteiger partial charge in [0.1, 0.15) is 11.5 Å². The van der Waals surface area contributed by atoms with Crippen molar-refractivity contribution in [1.29, 1.82) is 0 Å². The van der Waals surface area contributed by atoms with Gasteiger partial charge in [-0.05, 0) is 80.3 Å². The summed E-state index contributed by atoms with van der Waals surface area (Å²) >= 11 is 1.79. The van der Waals surface area contributed by atoms with E-state index in [0.717, 1.165) is 42.8 Å². The van der Waals surface area contributed by atoms with Crippen molar-refractivity contribution in [2.45, 2.75) is 51.7 Å². The normalized spacial score (nSPS) is 20.1. The molecule has 0 bridgehead atoms. The predicted molar refractivity (Wildman–Crippen MR) is 115 cm³/mol. The van der Waals surface area contributed by atoms with Gasteiger partial charge >= 0.3 is 0 Å². The van der Waals surface area contributed by atoms with Crippen molar-refractivity contribution in [2.75, 3.05) is 5.32 Å². The van der Waals surface area contributed by atoms with E-state index < -0.39 is 0 Å². The SMILES string of the molecule is Cc1cc2cc(-c3cnc4ccc(N[C@H]5CC[C@H](O)CC5)nn34)sc2cc1C. The van der Waals surface area contributed by atoms with Gasteiger partial charge in [-0.15, -0.1) is 16.4 Å². The van der Waals surface area contributed by atoms with Crippen molar-refractivity contribution in [3.8, 4) is 10.6 Å². The molecule has 3 heterocycles. The molecule has 1 saturated carbocycles. The molecule has 1 fully saturated rings. The van der Waals surface area contributed by atoms with Crippen molar-refractivity contribution < 1.29 is 5.11 Å². The lowest BCUT2D eigenvalue weighted by Crippen LogP contribution is -2.28. The van der Waals surface area contributed by atoms with E-state index in [1.165, 1.54) is 26.1 Å². The number of imidazole rings is 1. The Balaban J connectivity index is 1.50. The molecule has 0 spiro atoms. The third-order valence-electron chi connectivity index (χ3n) is 5.80. The molecular weight excluding hydrogens is 368 g/mol. The molecule has 1 aliphatic carbocycles. The van der Waals surface area contributed by atoms with Crippen LogP contribution in [-0.2, 0) is 0 Å². The molecule has 0 saturated heterocycles. The van der Waals surface area contributed by atoms with Gasteiger partial charge in [0.2, 0.25) is 0 Å². The van der Waals surface area contributed by atoms with Crippen LogP contribution in [0.25, 0.3) is 26.3 Å². The van der Waals surface area contributed by atoms with Gasteiger partial charge in [-0.25, -0.2) is 9.50 Å². The van der Waals surface area contributed by atoms with E-state index in [2.05, 4.69) is 42.3 Å². The number of aliphatic hydroxyl groups excluding tert-OH is 1. The number of hydrogen-bond donors (Lipinski definition) is 2. The molecule has 6 heteroatoms. The van der Waals surface area contributed by atoms with Crippen LogP contribution >= 0.6 is 11.3 Å². The van der Waals surface area contributed by atoms with Gasteiger partial charge in [0.25, 0.3) is 0 Å². The van der Waals surface area contributed by atoms with Crippen molar-refractivity contribution in [1.82, 2.24) is 14.6 Å². The Morgan fingerprint density at radius 1 is 1.07 bits per heavy atom. The first-order valence-electron chi connectivity index (χ1n) is 9.87. The molecule has 1 aromatic carbocycles. The van der Waals surface area contributed by atoms with Crippen LogP contribution in [0, 0.1) is 13.8 Å². The average molecular weight is 393 g/mol. The molecule has 0 amide bonds. The first-order chi connectivity index (χ1) is 13.6. The van der Waals surface area contributed by atoms with Gasteiger partial charge in [-0.2, -0.15) is 0 Å². The van der Waals surface area contributed by atoms with Crippen LogP contribution in [0.3, 0.4) is 0 Å². The summed E-state index contributed by atoms with van der Waals surface area (Å²) in [4.78, 5) is 5.72.